The molecule has 0 N–H and O–H groups in total. The molecule has 19 heavy (non-hydrogen) atoms. The predicted octanol–water partition coefficient (Wildman–Crippen LogP) is 1.99. The van der Waals surface area contributed by atoms with Crippen molar-refractivity contribution in [1.82, 2.24) is 0 Å². The van der Waals surface area contributed by atoms with Crippen LogP contribution in [-0.4, -0.2) is 13.1 Å². The standard InChI is InChI=1S/C16H14O3/c1-19-14-9-7-12(8-10-14)11-15(16(17)18)13-5-3-2-4-6-13/h2-11H,1H3,(H,17,18)/p-1/b15-11+. The van der Waals surface area contributed by atoms with Crippen molar-refractivity contribution >= 4 is 17.6 Å². The molecule has 0 amide bonds. The molecule has 3 heteroatoms. The smallest absolute Gasteiger partial charge is 0.118 e. The first-order valence-corrected chi connectivity index (χ1v) is 5.83. The van der Waals surface area contributed by atoms with E-state index in [-0.39, 0.29) is 5.57 Å². The second-order valence-electron chi connectivity index (χ2n) is 3.98. The van der Waals surface area contributed by atoms with Crippen molar-refractivity contribution in [2.24, 2.45) is 0 Å². The van der Waals surface area contributed by atoms with E-state index >= 15 is 0 Å². The van der Waals surface area contributed by atoms with E-state index in [1.165, 1.54) is 0 Å². The molecule has 0 aromatic heterocycles. The number of ether oxygens (including phenoxy) is 1. The molecule has 0 unspecified atom stereocenters. The lowest BCUT2D eigenvalue weighted by atomic mass is 10.0. The van der Waals surface area contributed by atoms with Crippen LogP contribution < -0.4 is 9.84 Å². The van der Waals surface area contributed by atoms with Gasteiger partial charge in [-0.1, -0.05) is 42.5 Å². The van der Waals surface area contributed by atoms with Gasteiger partial charge in [-0.05, 0) is 29.3 Å². The third-order valence-corrected chi connectivity index (χ3v) is 2.73. The summed E-state index contributed by atoms with van der Waals surface area (Å²) in [5.74, 6) is -0.464. The van der Waals surface area contributed by atoms with E-state index in [9.17, 15) is 9.90 Å². The highest BCUT2D eigenvalue weighted by atomic mass is 16.5. The van der Waals surface area contributed by atoms with E-state index in [4.69, 9.17) is 4.74 Å². The van der Waals surface area contributed by atoms with E-state index in [2.05, 4.69) is 0 Å². The summed E-state index contributed by atoms with van der Waals surface area (Å²) in [4.78, 5) is 11.2. The molecule has 0 radical (unpaired) electrons. The molecule has 2 aromatic carbocycles. The van der Waals surface area contributed by atoms with Crippen LogP contribution in [0.3, 0.4) is 0 Å². The SMILES string of the molecule is COc1ccc(/C=C(/C(=O)[O-])c2ccccc2)cc1. The highest BCUT2D eigenvalue weighted by Gasteiger charge is 2.02. The van der Waals surface area contributed by atoms with Crippen LogP contribution in [0.1, 0.15) is 11.1 Å². The van der Waals surface area contributed by atoms with E-state index in [1.807, 2.05) is 6.07 Å². The summed E-state index contributed by atoms with van der Waals surface area (Å²) < 4.78 is 5.06. The van der Waals surface area contributed by atoms with Crippen molar-refractivity contribution in [3.8, 4) is 5.75 Å². The van der Waals surface area contributed by atoms with E-state index in [1.54, 1.807) is 61.7 Å². The number of carbonyl (C=O) groups is 1. The molecule has 2 aromatic rings. The fraction of sp³-hybridized carbons (Fsp3) is 0.0625. The van der Waals surface area contributed by atoms with Crippen LogP contribution in [0.5, 0.6) is 5.75 Å². The number of carboxylic acids is 1. The Bertz CT molecular complexity index is 583. The van der Waals surface area contributed by atoms with Gasteiger partial charge in [-0.3, -0.25) is 0 Å². The number of carboxylic acid groups (broad SMARTS) is 1. The van der Waals surface area contributed by atoms with Gasteiger partial charge in [0, 0.05) is 5.57 Å². The van der Waals surface area contributed by atoms with Gasteiger partial charge in [0.25, 0.3) is 0 Å². The zero-order valence-electron chi connectivity index (χ0n) is 10.5. The van der Waals surface area contributed by atoms with Crippen molar-refractivity contribution < 1.29 is 14.6 Å². The Kier molecular flexibility index (Phi) is 3.98. The minimum atomic E-state index is -1.19. The highest BCUT2D eigenvalue weighted by Crippen LogP contribution is 2.19. The zero-order valence-corrected chi connectivity index (χ0v) is 10.5. The maximum absolute atomic E-state index is 11.2. The number of aliphatic carboxylic acids is 1. The third kappa shape index (κ3) is 3.22. The molecule has 0 bridgehead atoms. The van der Waals surface area contributed by atoms with Crippen LogP contribution in [0.2, 0.25) is 0 Å². The fourth-order valence-electron chi connectivity index (χ4n) is 1.74. The first-order chi connectivity index (χ1) is 9.20. The second kappa shape index (κ2) is 5.87. The summed E-state index contributed by atoms with van der Waals surface area (Å²) in [5.41, 5.74) is 1.56. The van der Waals surface area contributed by atoms with Gasteiger partial charge in [-0.15, -0.1) is 0 Å². The number of benzene rings is 2. The lowest BCUT2D eigenvalue weighted by Gasteiger charge is -2.09. The number of carbonyl (C=O) groups excluding carboxylic acids is 1. The van der Waals surface area contributed by atoms with Crippen LogP contribution in [0.25, 0.3) is 11.6 Å². The average molecular weight is 253 g/mol. The molecule has 2 rings (SSSR count). The number of methoxy groups -OCH3 is 1. The second-order valence-corrected chi connectivity index (χ2v) is 3.98. The molecule has 0 spiro atoms. The van der Waals surface area contributed by atoms with Gasteiger partial charge in [0.15, 0.2) is 0 Å². The molecule has 0 aliphatic carbocycles. The largest absolute Gasteiger partial charge is 0.545 e. The molecular weight excluding hydrogens is 240 g/mol. The summed E-state index contributed by atoms with van der Waals surface area (Å²) >= 11 is 0. The molecule has 0 heterocycles. The number of hydrogen-bond donors (Lipinski definition) is 0. The molecule has 0 saturated carbocycles. The summed E-state index contributed by atoms with van der Waals surface area (Å²) in [6.45, 7) is 0. The van der Waals surface area contributed by atoms with Crippen LogP contribution in [0.4, 0.5) is 0 Å². The zero-order chi connectivity index (χ0) is 13.7. The van der Waals surface area contributed by atoms with Crippen LogP contribution in [0, 0.1) is 0 Å². The Hall–Kier alpha value is -2.55. The number of rotatable bonds is 4. The Morgan fingerprint density at radius 1 is 1.05 bits per heavy atom. The maximum atomic E-state index is 11.2. The van der Waals surface area contributed by atoms with Crippen molar-refractivity contribution in [2.45, 2.75) is 0 Å². The number of hydrogen-bond acceptors (Lipinski definition) is 3. The van der Waals surface area contributed by atoms with Gasteiger partial charge in [-0.2, -0.15) is 0 Å². The van der Waals surface area contributed by atoms with Crippen molar-refractivity contribution in [2.75, 3.05) is 7.11 Å². The quantitative estimate of drug-likeness (QED) is 0.618. The van der Waals surface area contributed by atoms with Crippen molar-refractivity contribution in [3.63, 3.8) is 0 Å². The van der Waals surface area contributed by atoms with Crippen molar-refractivity contribution in [3.05, 3.63) is 65.7 Å². The monoisotopic (exact) mass is 253 g/mol. The van der Waals surface area contributed by atoms with E-state index in [0.717, 1.165) is 11.3 Å². The normalized spacial score (nSPS) is 11.1. The highest BCUT2D eigenvalue weighted by molar-refractivity contribution is 6.19. The van der Waals surface area contributed by atoms with Crippen molar-refractivity contribution in [1.29, 1.82) is 0 Å². The Morgan fingerprint density at radius 3 is 2.21 bits per heavy atom. The summed E-state index contributed by atoms with van der Waals surface area (Å²) in [6.07, 6.45) is 1.59. The van der Waals surface area contributed by atoms with Gasteiger partial charge in [-0.25, -0.2) is 0 Å². The van der Waals surface area contributed by atoms with Crippen LogP contribution >= 0.6 is 0 Å². The van der Waals surface area contributed by atoms with Gasteiger partial charge >= 0.3 is 0 Å². The summed E-state index contributed by atoms with van der Waals surface area (Å²) in [7, 11) is 1.58. The van der Waals surface area contributed by atoms with Gasteiger partial charge in [0.2, 0.25) is 0 Å². The van der Waals surface area contributed by atoms with E-state index < -0.39 is 5.97 Å². The summed E-state index contributed by atoms with van der Waals surface area (Å²) in [6, 6.07) is 16.1. The average Bonchev–Trinajstić information content (AvgIpc) is 2.46. The molecule has 0 aliphatic rings. The molecule has 0 saturated heterocycles. The van der Waals surface area contributed by atoms with Crippen LogP contribution in [0.15, 0.2) is 54.6 Å². The van der Waals surface area contributed by atoms with Crippen LogP contribution in [-0.2, 0) is 4.79 Å². The lowest BCUT2D eigenvalue weighted by Crippen LogP contribution is -2.23. The molecular formula is C16H13O3-. The predicted molar refractivity (Wildman–Crippen MR) is 72.3 cm³/mol. The molecule has 0 atom stereocenters. The maximum Gasteiger partial charge on any atom is 0.118 e. The Balaban J connectivity index is 2.38. The molecule has 3 nitrogen and oxygen atoms in total. The lowest BCUT2D eigenvalue weighted by molar-refractivity contribution is -0.295. The molecule has 0 aliphatic heterocycles. The first-order valence-electron chi connectivity index (χ1n) is 5.83. The Labute approximate surface area is 111 Å². The minimum Gasteiger partial charge on any atom is -0.545 e. The Morgan fingerprint density at radius 2 is 1.68 bits per heavy atom. The van der Waals surface area contributed by atoms with Gasteiger partial charge in [0.1, 0.15) is 5.75 Å². The van der Waals surface area contributed by atoms with E-state index in [0.29, 0.717) is 5.56 Å². The molecule has 0 fully saturated rings. The fourth-order valence-corrected chi connectivity index (χ4v) is 1.74. The minimum absolute atomic E-state index is 0.158. The third-order valence-electron chi connectivity index (χ3n) is 2.73. The molecule has 96 valence electrons. The van der Waals surface area contributed by atoms with Gasteiger partial charge < -0.3 is 14.6 Å². The first kappa shape index (κ1) is 12.9. The van der Waals surface area contributed by atoms with Gasteiger partial charge in [0.05, 0.1) is 13.1 Å². The summed E-state index contributed by atoms with van der Waals surface area (Å²) in [5, 5.41) is 11.2. The topological polar surface area (TPSA) is 49.4 Å².